The number of alkyl halides is 3. The molecule has 1 aromatic carbocycles. The van der Waals surface area contributed by atoms with Gasteiger partial charge >= 0.3 is 6.18 Å². The number of Topliss-reactive ketones (excluding diaryl/α,β-unsaturated/α-hetero) is 1. The van der Waals surface area contributed by atoms with Gasteiger partial charge in [-0.15, -0.1) is 0 Å². The Morgan fingerprint density at radius 3 is 2.43 bits per heavy atom. The average Bonchev–Trinajstić information content (AvgIpc) is 3.10. The third kappa shape index (κ3) is 5.62. The van der Waals surface area contributed by atoms with Crippen LogP contribution in [0.4, 0.5) is 23.4 Å². The Morgan fingerprint density at radius 2 is 1.83 bits per heavy atom. The number of benzene rings is 1. The first-order valence-corrected chi connectivity index (χ1v) is 11.3. The Bertz CT molecular complexity index is 1200. The summed E-state index contributed by atoms with van der Waals surface area (Å²) in [5.41, 5.74) is -0.866. The maximum absolute atomic E-state index is 15.1. The van der Waals surface area contributed by atoms with Gasteiger partial charge < -0.3 is 14.6 Å². The van der Waals surface area contributed by atoms with E-state index in [1.165, 1.54) is 31.6 Å². The second-order valence-electron chi connectivity index (χ2n) is 9.25. The number of aliphatic hydroxyl groups is 1. The molecule has 0 radical (unpaired) electrons. The molecule has 0 bridgehead atoms. The summed E-state index contributed by atoms with van der Waals surface area (Å²) in [5, 5.41) is 11.3. The van der Waals surface area contributed by atoms with Crippen molar-refractivity contribution >= 4 is 22.6 Å². The zero-order chi connectivity index (χ0) is 25.4. The highest BCUT2D eigenvalue weighted by Crippen LogP contribution is 2.32. The van der Waals surface area contributed by atoms with Crippen LogP contribution in [0.5, 0.6) is 0 Å². The molecule has 1 aliphatic heterocycles. The van der Waals surface area contributed by atoms with E-state index < -0.39 is 23.2 Å². The lowest BCUT2D eigenvalue weighted by atomic mass is 9.91. The van der Waals surface area contributed by atoms with Crippen LogP contribution in [0.2, 0.25) is 0 Å². The Morgan fingerprint density at radius 1 is 1.17 bits per heavy atom. The first kappa shape index (κ1) is 25.1. The first-order valence-electron chi connectivity index (χ1n) is 11.3. The summed E-state index contributed by atoms with van der Waals surface area (Å²) in [6, 6.07) is 4.79. The molecule has 2 aromatic heterocycles. The molecule has 0 saturated carbocycles. The van der Waals surface area contributed by atoms with E-state index in [1.807, 2.05) is 4.90 Å². The lowest BCUT2D eigenvalue weighted by Gasteiger charge is -2.38. The molecule has 1 aliphatic rings. The normalized spacial score (nSPS) is 16.5. The topological polar surface area (TPSA) is 74.5 Å². The van der Waals surface area contributed by atoms with E-state index in [-0.39, 0.29) is 24.3 Å². The van der Waals surface area contributed by atoms with Crippen LogP contribution in [-0.2, 0) is 24.1 Å². The van der Waals surface area contributed by atoms with E-state index in [1.54, 1.807) is 16.5 Å². The van der Waals surface area contributed by atoms with E-state index in [2.05, 4.69) is 9.97 Å². The van der Waals surface area contributed by atoms with Crippen molar-refractivity contribution in [3.63, 3.8) is 0 Å². The van der Waals surface area contributed by atoms with Gasteiger partial charge in [0.1, 0.15) is 23.6 Å². The predicted octanol–water partition coefficient (Wildman–Crippen LogP) is 3.64. The number of halogens is 4. The molecule has 0 atom stereocenters. The zero-order valence-electron chi connectivity index (χ0n) is 19.5. The van der Waals surface area contributed by atoms with Crippen LogP contribution >= 0.6 is 0 Å². The van der Waals surface area contributed by atoms with E-state index >= 15 is 4.39 Å². The summed E-state index contributed by atoms with van der Waals surface area (Å²) in [4.78, 5) is 23.4. The van der Waals surface area contributed by atoms with Crippen LogP contribution in [0.25, 0.3) is 11.0 Å². The summed E-state index contributed by atoms with van der Waals surface area (Å²) in [7, 11) is 1.68. The highest BCUT2D eigenvalue weighted by molar-refractivity contribution is 5.88. The van der Waals surface area contributed by atoms with E-state index in [4.69, 9.17) is 0 Å². The van der Waals surface area contributed by atoms with E-state index in [0.717, 1.165) is 12.1 Å². The number of hydrogen-bond donors (Lipinski definition) is 1. The molecule has 1 fully saturated rings. The van der Waals surface area contributed by atoms with Crippen LogP contribution < -0.4 is 4.90 Å². The molecule has 35 heavy (non-hydrogen) atoms. The van der Waals surface area contributed by atoms with Gasteiger partial charge in [-0.3, -0.25) is 9.69 Å². The number of fused-ring (bicyclic) bond motifs is 1. The summed E-state index contributed by atoms with van der Waals surface area (Å²) in [6.07, 6.45) is -0.949. The first-order chi connectivity index (χ1) is 16.4. The fourth-order valence-electron chi connectivity index (χ4n) is 4.54. The summed E-state index contributed by atoms with van der Waals surface area (Å²) >= 11 is 0. The smallest absolute Gasteiger partial charge is 0.388 e. The number of ketones is 1. The van der Waals surface area contributed by atoms with Crippen LogP contribution in [0.3, 0.4) is 0 Å². The molecule has 1 saturated heterocycles. The predicted molar refractivity (Wildman–Crippen MR) is 122 cm³/mol. The quantitative estimate of drug-likeness (QED) is 0.507. The highest BCUT2D eigenvalue weighted by atomic mass is 19.4. The van der Waals surface area contributed by atoms with Crippen LogP contribution in [0.15, 0.2) is 36.8 Å². The fraction of sp³-hybridized carbons (Fsp3) is 0.458. The molecule has 0 unspecified atom stereocenters. The zero-order valence-corrected chi connectivity index (χ0v) is 19.5. The lowest BCUT2D eigenvalue weighted by Crippen LogP contribution is -2.47. The molecule has 3 aromatic rings. The van der Waals surface area contributed by atoms with Gasteiger partial charge in [-0.2, -0.15) is 13.2 Å². The van der Waals surface area contributed by atoms with Gasteiger partial charge in [-0.1, -0.05) is 12.1 Å². The second-order valence-corrected chi connectivity index (χ2v) is 9.25. The van der Waals surface area contributed by atoms with Gasteiger partial charge in [-0.05, 0) is 37.5 Å². The Labute approximate surface area is 200 Å². The molecule has 0 amide bonds. The Kier molecular flexibility index (Phi) is 6.83. The Hall–Kier alpha value is -3.05. The van der Waals surface area contributed by atoms with Gasteiger partial charge in [0.2, 0.25) is 0 Å². The minimum absolute atomic E-state index is 0.0681. The van der Waals surface area contributed by atoms with Gasteiger partial charge in [0.05, 0.1) is 29.6 Å². The molecule has 3 heterocycles. The number of anilines is 1. The molecule has 0 aliphatic carbocycles. The van der Waals surface area contributed by atoms with E-state index in [0.29, 0.717) is 49.5 Å². The highest BCUT2D eigenvalue weighted by Gasteiger charge is 2.34. The van der Waals surface area contributed by atoms with Crippen LogP contribution in [-0.4, -0.2) is 62.6 Å². The van der Waals surface area contributed by atoms with Crippen molar-refractivity contribution < 1.29 is 27.5 Å². The second kappa shape index (κ2) is 9.54. The maximum atomic E-state index is 15.1. The number of hydrogen-bond acceptors (Lipinski definition) is 6. The van der Waals surface area contributed by atoms with Gasteiger partial charge in [0, 0.05) is 32.9 Å². The van der Waals surface area contributed by atoms with Crippen molar-refractivity contribution in [1.82, 2.24) is 19.4 Å². The molecular formula is C24H27F4N5O2. The van der Waals surface area contributed by atoms with Gasteiger partial charge in [0.15, 0.2) is 5.82 Å². The fourth-order valence-corrected chi connectivity index (χ4v) is 4.54. The molecule has 1 N–H and O–H groups in total. The molecular weight excluding hydrogens is 466 g/mol. The maximum Gasteiger partial charge on any atom is 0.416 e. The summed E-state index contributed by atoms with van der Waals surface area (Å²) in [6.45, 7) is 3.35. The molecule has 0 spiro atoms. The molecule has 11 heteroatoms. The molecule has 4 rings (SSSR count). The van der Waals surface area contributed by atoms with Crippen molar-refractivity contribution in [2.75, 3.05) is 31.6 Å². The number of aromatic nitrogens is 3. The number of piperidine rings is 1. The third-order valence-corrected chi connectivity index (χ3v) is 6.35. The van der Waals surface area contributed by atoms with Gasteiger partial charge in [-0.25, -0.2) is 14.4 Å². The van der Waals surface area contributed by atoms with Crippen molar-refractivity contribution in [2.45, 2.75) is 44.6 Å². The number of nitrogens with zero attached hydrogens (tertiary/aromatic N) is 5. The minimum Gasteiger partial charge on any atom is -0.388 e. The average molecular weight is 494 g/mol. The number of rotatable bonds is 7. The number of carbonyl (C=O) groups is 1. The van der Waals surface area contributed by atoms with Crippen LogP contribution in [0.1, 0.15) is 30.9 Å². The van der Waals surface area contributed by atoms with Crippen molar-refractivity contribution in [3.8, 4) is 0 Å². The standard InChI is InChI=1S/C24H27F4N5O2/c1-16(34)11-32-9-7-23(35,8-10-32)14-33-13-19(25)20-21(29-15-30-22(20)33)31(2)12-17-3-5-18(6-4-17)24(26,27)28/h3-6,13,15,35H,7-12,14H2,1-2H3. The van der Waals surface area contributed by atoms with E-state index in [9.17, 15) is 23.1 Å². The Balaban J connectivity index is 1.53. The van der Waals surface area contributed by atoms with Crippen LogP contribution in [0, 0.1) is 5.82 Å². The largest absolute Gasteiger partial charge is 0.416 e. The van der Waals surface area contributed by atoms with Crippen molar-refractivity contribution in [1.29, 1.82) is 0 Å². The summed E-state index contributed by atoms with van der Waals surface area (Å²) in [5.74, 6) is -0.180. The van der Waals surface area contributed by atoms with Crippen molar-refractivity contribution in [3.05, 3.63) is 53.7 Å². The number of carbonyl (C=O) groups excluding carboxylic acids is 1. The monoisotopic (exact) mass is 493 g/mol. The minimum atomic E-state index is -4.41. The SMILES string of the molecule is CC(=O)CN1CCC(O)(Cn2cc(F)c3c(N(C)Cc4ccc(C(F)(F)F)cc4)ncnc32)CC1. The number of likely N-dealkylation sites (tertiary alicyclic amines) is 1. The molecule has 188 valence electrons. The van der Waals surface area contributed by atoms with Crippen molar-refractivity contribution in [2.24, 2.45) is 0 Å². The summed E-state index contributed by atoms with van der Waals surface area (Å²) < 4.78 is 55.1. The lowest BCUT2D eigenvalue weighted by molar-refractivity contribution is -0.137. The van der Waals surface area contributed by atoms with Gasteiger partial charge in [0.25, 0.3) is 0 Å². The third-order valence-electron chi connectivity index (χ3n) is 6.35. The molecule has 7 nitrogen and oxygen atoms in total.